The van der Waals surface area contributed by atoms with E-state index in [1.54, 1.807) is 0 Å². The van der Waals surface area contributed by atoms with Crippen LogP contribution in [0, 0.1) is 5.41 Å². The molecule has 0 heterocycles. The highest BCUT2D eigenvalue weighted by Gasteiger charge is 2.40. The number of carbonyl (C=O) groups excluding carboxylic acids is 1. The van der Waals surface area contributed by atoms with Crippen molar-refractivity contribution in [2.75, 3.05) is 18.1 Å². The SMILES string of the molecule is CCC1(CNC(=O)CSCC(=O)O)CC1. The van der Waals surface area contributed by atoms with Crippen LogP contribution in [0.5, 0.6) is 0 Å². The lowest BCUT2D eigenvalue weighted by Crippen LogP contribution is -2.31. The van der Waals surface area contributed by atoms with E-state index in [-0.39, 0.29) is 17.4 Å². The maximum Gasteiger partial charge on any atom is 0.313 e. The molecule has 0 atom stereocenters. The molecular formula is C10H17NO3S. The van der Waals surface area contributed by atoms with Crippen LogP contribution < -0.4 is 5.32 Å². The monoisotopic (exact) mass is 231 g/mol. The molecule has 0 aromatic carbocycles. The Morgan fingerprint density at radius 1 is 1.40 bits per heavy atom. The van der Waals surface area contributed by atoms with Crippen molar-refractivity contribution in [2.24, 2.45) is 5.41 Å². The fourth-order valence-electron chi connectivity index (χ4n) is 1.40. The topological polar surface area (TPSA) is 66.4 Å². The summed E-state index contributed by atoms with van der Waals surface area (Å²) >= 11 is 1.14. The van der Waals surface area contributed by atoms with Gasteiger partial charge in [-0.1, -0.05) is 6.92 Å². The van der Waals surface area contributed by atoms with Gasteiger partial charge in [0.25, 0.3) is 0 Å². The number of hydrogen-bond acceptors (Lipinski definition) is 3. The van der Waals surface area contributed by atoms with Crippen molar-refractivity contribution in [1.29, 1.82) is 0 Å². The Kier molecular flexibility index (Phi) is 4.45. The smallest absolute Gasteiger partial charge is 0.313 e. The number of aliphatic carboxylic acids is 1. The van der Waals surface area contributed by atoms with Crippen molar-refractivity contribution in [1.82, 2.24) is 5.32 Å². The third-order valence-electron chi connectivity index (χ3n) is 2.83. The van der Waals surface area contributed by atoms with E-state index < -0.39 is 5.97 Å². The van der Waals surface area contributed by atoms with Gasteiger partial charge in [0.2, 0.25) is 5.91 Å². The van der Waals surface area contributed by atoms with Gasteiger partial charge in [-0.2, -0.15) is 0 Å². The van der Waals surface area contributed by atoms with Crippen molar-refractivity contribution in [2.45, 2.75) is 26.2 Å². The molecule has 0 spiro atoms. The number of nitrogens with one attached hydrogen (secondary N) is 1. The Labute approximate surface area is 93.8 Å². The maximum atomic E-state index is 11.3. The average Bonchev–Trinajstić information content (AvgIpc) is 2.95. The first-order chi connectivity index (χ1) is 7.08. The summed E-state index contributed by atoms with van der Waals surface area (Å²) in [5, 5.41) is 11.2. The number of carboxylic acid groups (broad SMARTS) is 1. The molecule has 1 saturated carbocycles. The maximum absolute atomic E-state index is 11.3. The fraction of sp³-hybridized carbons (Fsp3) is 0.800. The Bertz CT molecular complexity index is 251. The van der Waals surface area contributed by atoms with Gasteiger partial charge in [0.1, 0.15) is 0 Å². The quantitative estimate of drug-likeness (QED) is 0.689. The Hall–Kier alpha value is -0.710. The molecule has 0 bridgehead atoms. The number of rotatable bonds is 7. The third-order valence-corrected chi connectivity index (χ3v) is 3.74. The fourth-order valence-corrected chi connectivity index (χ4v) is 1.96. The molecule has 2 N–H and O–H groups in total. The molecule has 1 aliphatic rings. The molecule has 0 unspecified atom stereocenters. The number of amides is 1. The van der Waals surface area contributed by atoms with E-state index in [0.717, 1.165) is 24.7 Å². The second-order valence-corrected chi connectivity index (χ2v) is 5.00. The van der Waals surface area contributed by atoms with Crippen LogP contribution in [0.1, 0.15) is 26.2 Å². The summed E-state index contributed by atoms with van der Waals surface area (Å²) in [4.78, 5) is 21.5. The molecule has 1 fully saturated rings. The zero-order valence-electron chi connectivity index (χ0n) is 8.91. The molecule has 4 nitrogen and oxygen atoms in total. The summed E-state index contributed by atoms with van der Waals surface area (Å²) in [6, 6.07) is 0. The van der Waals surface area contributed by atoms with E-state index in [2.05, 4.69) is 12.2 Å². The minimum absolute atomic E-state index is 0.00760. The molecular weight excluding hydrogens is 214 g/mol. The predicted octanol–water partition coefficient (Wildman–Crippen LogP) is 1.11. The van der Waals surface area contributed by atoms with Crippen LogP contribution in [0.2, 0.25) is 0 Å². The van der Waals surface area contributed by atoms with Gasteiger partial charge in [-0.25, -0.2) is 0 Å². The molecule has 0 aliphatic heterocycles. The molecule has 1 rings (SSSR count). The zero-order valence-corrected chi connectivity index (χ0v) is 9.73. The molecule has 5 heteroatoms. The lowest BCUT2D eigenvalue weighted by Gasteiger charge is -2.12. The molecule has 0 aromatic heterocycles. The van der Waals surface area contributed by atoms with Crippen LogP contribution >= 0.6 is 11.8 Å². The molecule has 0 radical (unpaired) electrons. The molecule has 0 aromatic rings. The third kappa shape index (κ3) is 4.55. The van der Waals surface area contributed by atoms with E-state index in [1.165, 1.54) is 12.8 Å². The summed E-state index contributed by atoms with van der Waals surface area (Å²) in [5.41, 5.74) is 0.354. The van der Waals surface area contributed by atoms with E-state index >= 15 is 0 Å². The van der Waals surface area contributed by atoms with Gasteiger partial charge in [-0.05, 0) is 24.7 Å². The normalized spacial score (nSPS) is 17.1. The number of carboxylic acids is 1. The van der Waals surface area contributed by atoms with Gasteiger partial charge < -0.3 is 10.4 Å². The van der Waals surface area contributed by atoms with Gasteiger partial charge >= 0.3 is 5.97 Å². The molecule has 0 saturated heterocycles. The first-order valence-electron chi connectivity index (χ1n) is 5.14. The van der Waals surface area contributed by atoms with Crippen LogP contribution in [0.3, 0.4) is 0 Å². The molecule has 1 aliphatic carbocycles. The van der Waals surface area contributed by atoms with E-state index in [0.29, 0.717) is 5.41 Å². The van der Waals surface area contributed by atoms with Crippen molar-refractivity contribution < 1.29 is 14.7 Å². The summed E-state index contributed by atoms with van der Waals surface area (Å²) in [6.45, 7) is 2.88. The van der Waals surface area contributed by atoms with Crippen LogP contribution in [-0.4, -0.2) is 35.0 Å². The second kappa shape index (κ2) is 5.39. The molecule has 1 amide bonds. The summed E-state index contributed by atoms with van der Waals surface area (Å²) in [5.74, 6) is -0.695. The Morgan fingerprint density at radius 2 is 2.07 bits per heavy atom. The Balaban J connectivity index is 2.06. The zero-order chi connectivity index (χ0) is 11.3. The van der Waals surface area contributed by atoms with Gasteiger partial charge in [-0.3, -0.25) is 9.59 Å². The number of carbonyl (C=O) groups is 2. The van der Waals surface area contributed by atoms with E-state index in [9.17, 15) is 9.59 Å². The van der Waals surface area contributed by atoms with Crippen LogP contribution in [-0.2, 0) is 9.59 Å². The summed E-state index contributed by atoms with van der Waals surface area (Å²) in [6.07, 6.45) is 3.51. The van der Waals surface area contributed by atoms with Gasteiger partial charge in [0.15, 0.2) is 0 Å². The van der Waals surface area contributed by atoms with Crippen LogP contribution in [0.15, 0.2) is 0 Å². The largest absolute Gasteiger partial charge is 0.481 e. The summed E-state index contributed by atoms with van der Waals surface area (Å²) in [7, 11) is 0. The van der Waals surface area contributed by atoms with Crippen molar-refractivity contribution in [3.63, 3.8) is 0 Å². The highest BCUT2D eigenvalue weighted by Crippen LogP contribution is 2.47. The van der Waals surface area contributed by atoms with Gasteiger partial charge in [0.05, 0.1) is 11.5 Å². The number of hydrogen-bond donors (Lipinski definition) is 2. The van der Waals surface area contributed by atoms with E-state index in [4.69, 9.17) is 5.11 Å². The highest BCUT2D eigenvalue weighted by molar-refractivity contribution is 8.00. The Morgan fingerprint density at radius 3 is 2.53 bits per heavy atom. The van der Waals surface area contributed by atoms with Crippen molar-refractivity contribution in [3.05, 3.63) is 0 Å². The van der Waals surface area contributed by atoms with E-state index in [1.807, 2.05) is 0 Å². The minimum Gasteiger partial charge on any atom is -0.481 e. The predicted molar refractivity (Wildman–Crippen MR) is 59.9 cm³/mol. The lowest BCUT2D eigenvalue weighted by atomic mass is 10.0. The first-order valence-corrected chi connectivity index (χ1v) is 6.30. The highest BCUT2D eigenvalue weighted by atomic mass is 32.2. The lowest BCUT2D eigenvalue weighted by molar-refractivity contribution is -0.133. The molecule has 86 valence electrons. The van der Waals surface area contributed by atoms with Crippen LogP contribution in [0.25, 0.3) is 0 Å². The van der Waals surface area contributed by atoms with Crippen LogP contribution in [0.4, 0.5) is 0 Å². The van der Waals surface area contributed by atoms with Crippen molar-refractivity contribution in [3.8, 4) is 0 Å². The standard InChI is InChI=1S/C10H17NO3S/c1-2-10(3-4-10)7-11-8(12)5-15-6-9(13)14/h2-7H2,1H3,(H,11,12)(H,13,14). The minimum atomic E-state index is -0.875. The number of thioether (sulfide) groups is 1. The van der Waals surface area contributed by atoms with Gasteiger partial charge in [-0.15, -0.1) is 11.8 Å². The first kappa shape index (κ1) is 12.4. The van der Waals surface area contributed by atoms with Crippen molar-refractivity contribution >= 4 is 23.6 Å². The van der Waals surface area contributed by atoms with Gasteiger partial charge in [0, 0.05) is 6.54 Å². The summed E-state index contributed by atoms with van der Waals surface area (Å²) < 4.78 is 0. The average molecular weight is 231 g/mol. The molecule has 15 heavy (non-hydrogen) atoms. The second-order valence-electron chi connectivity index (χ2n) is 4.02.